The van der Waals surface area contributed by atoms with E-state index in [9.17, 15) is 0 Å². The number of aromatic nitrogens is 1. The van der Waals surface area contributed by atoms with Gasteiger partial charge in [-0.2, -0.15) is 0 Å². The third-order valence-corrected chi connectivity index (χ3v) is 10.8. The number of hydrogen-bond donors (Lipinski definition) is 0. The summed E-state index contributed by atoms with van der Waals surface area (Å²) in [5, 5.41) is 2.51. The summed E-state index contributed by atoms with van der Waals surface area (Å²) in [6.45, 7) is 0. The van der Waals surface area contributed by atoms with Crippen molar-refractivity contribution in [3.05, 3.63) is 231 Å². The van der Waals surface area contributed by atoms with Crippen molar-refractivity contribution >= 4 is 38.9 Å². The first-order chi connectivity index (χ1) is 27.8. The topological polar surface area (TPSA) is 8.17 Å². The number of rotatable bonds is 8. The maximum Gasteiger partial charge on any atom is 0.0541 e. The van der Waals surface area contributed by atoms with Gasteiger partial charge in [0, 0.05) is 33.5 Å². The molecular weight excluding hydrogens is 677 g/mol. The highest BCUT2D eigenvalue weighted by Gasteiger charge is 2.16. The van der Waals surface area contributed by atoms with Gasteiger partial charge in [0.2, 0.25) is 0 Å². The Morgan fingerprint density at radius 1 is 0.250 bits per heavy atom. The van der Waals surface area contributed by atoms with Crippen molar-refractivity contribution in [1.29, 1.82) is 0 Å². The number of fused-ring (bicyclic) bond motifs is 3. The molecule has 0 fully saturated rings. The zero-order valence-electron chi connectivity index (χ0n) is 30.8. The predicted molar refractivity (Wildman–Crippen MR) is 237 cm³/mol. The molecule has 9 aromatic carbocycles. The van der Waals surface area contributed by atoms with Crippen LogP contribution < -0.4 is 4.90 Å². The fourth-order valence-electron chi connectivity index (χ4n) is 8.00. The van der Waals surface area contributed by atoms with Crippen molar-refractivity contribution in [3.8, 4) is 50.2 Å². The van der Waals surface area contributed by atoms with E-state index in [-0.39, 0.29) is 0 Å². The molecule has 0 aliphatic heterocycles. The lowest BCUT2D eigenvalue weighted by Crippen LogP contribution is -2.09. The molecule has 2 nitrogen and oxygen atoms in total. The van der Waals surface area contributed by atoms with E-state index >= 15 is 0 Å². The standard InChI is InChI=1S/C54H38N2/c1-4-13-39(14-5-1)41-23-30-48(31-24-41)55(49-32-25-42(26-33-49)45-18-12-17-44(37-45)40-15-6-2-7-16-40)50-34-27-43(28-35-50)46-29-36-54-52(38-46)51-21-10-11-22-53(51)56(54)47-19-8-3-9-20-47/h1-38H. The van der Waals surface area contributed by atoms with Crippen molar-refractivity contribution < 1.29 is 0 Å². The molecule has 0 atom stereocenters. The molecule has 0 spiro atoms. The van der Waals surface area contributed by atoms with Crippen LogP contribution in [-0.4, -0.2) is 4.57 Å². The number of para-hydroxylation sites is 2. The summed E-state index contributed by atoms with van der Waals surface area (Å²) in [6.07, 6.45) is 0. The minimum Gasteiger partial charge on any atom is -0.311 e. The Hall–Kier alpha value is -7.42. The molecule has 0 saturated carbocycles. The highest BCUT2D eigenvalue weighted by Crippen LogP contribution is 2.39. The molecule has 0 radical (unpaired) electrons. The van der Waals surface area contributed by atoms with Crippen LogP contribution in [-0.2, 0) is 0 Å². The van der Waals surface area contributed by atoms with Gasteiger partial charge in [0.25, 0.3) is 0 Å². The average Bonchev–Trinajstić information content (AvgIpc) is 3.62. The smallest absolute Gasteiger partial charge is 0.0541 e. The van der Waals surface area contributed by atoms with Crippen molar-refractivity contribution in [3.63, 3.8) is 0 Å². The van der Waals surface area contributed by atoms with Crippen LogP contribution in [0.2, 0.25) is 0 Å². The quantitative estimate of drug-likeness (QED) is 0.152. The second-order valence-corrected chi connectivity index (χ2v) is 14.2. The molecule has 0 unspecified atom stereocenters. The number of nitrogens with zero attached hydrogens (tertiary/aromatic N) is 2. The van der Waals surface area contributed by atoms with Crippen LogP contribution in [0.25, 0.3) is 72.0 Å². The summed E-state index contributed by atoms with van der Waals surface area (Å²) >= 11 is 0. The zero-order chi connectivity index (χ0) is 37.3. The third-order valence-electron chi connectivity index (χ3n) is 10.8. The Bertz CT molecular complexity index is 2910. The van der Waals surface area contributed by atoms with Gasteiger partial charge in [-0.25, -0.2) is 0 Å². The maximum absolute atomic E-state index is 2.36. The molecular formula is C54H38N2. The second-order valence-electron chi connectivity index (χ2n) is 14.2. The Labute approximate surface area is 327 Å². The number of benzene rings is 9. The van der Waals surface area contributed by atoms with Gasteiger partial charge >= 0.3 is 0 Å². The molecule has 264 valence electrons. The molecule has 0 N–H and O–H groups in total. The van der Waals surface area contributed by atoms with Crippen LogP contribution in [0.5, 0.6) is 0 Å². The molecule has 0 amide bonds. The zero-order valence-corrected chi connectivity index (χ0v) is 30.8. The van der Waals surface area contributed by atoms with E-state index in [1.54, 1.807) is 0 Å². The Kier molecular flexibility index (Phi) is 8.55. The number of anilines is 3. The van der Waals surface area contributed by atoms with Crippen molar-refractivity contribution in [2.75, 3.05) is 4.90 Å². The first kappa shape index (κ1) is 33.2. The van der Waals surface area contributed by atoms with Gasteiger partial charge in [-0.1, -0.05) is 158 Å². The van der Waals surface area contributed by atoms with E-state index < -0.39 is 0 Å². The van der Waals surface area contributed by atoms with E-state index in [0.29, 0.717) is 0 Å². The molecule has 1 aromatic heterocycles. The van der Waals surface area contributed by atoms with E-state index in [1.165, 1.54) is 72.0 Å². The molecule has 10 aromatic rings. The van der Waals surface area contributed by atoms with Gasteiger partial charge in [0.15, 0.2) is 0 Å². The normalized spacial score (nSPS) is 11.2. The molecule has 0 saturated heterocycles. The summed E-state index contributed by atoms with van der Waals surface area (Å²) in [5.74, 6) is 0. The predicted octanol–water partition coefficient (Wildman–Crippen LogP) is 14.9. The maximum atomic E-state index is 2.36. The Balaban J connectivity index is 1.02. The third kappa shape index (κ3) is 6.24. The lowest BCUT2D eigenvalue weighted by molar-refractivity contribution is 1.18. The van der Waals surface area contributed by atoms with Crippen LogP contribution >= 0.6 is 0 Å². The molecule has 56 heavy (non-hydrogen) atoms. The van der Waals surface area contributed by atoms with E-state index in [1.807, 2.05) is 0 Å². The largest absolute Gasteiger partial charge is 0.311 e. The SMILES string of the molecule is c1ccc(-c2ccc(N(c3ccc(-c4cccc(-c5ccccc5)c4)cc3)c3ccc(-c4ccc5c(c4)c4ccccc4n5-c4ccccc4)cc3)cc2)cc1. The molecule has 1 heterocycles. The van der Waals surface area contributed by atoms with Crippen LogP contribution in [0, 0.1) is 0 Å². The Morgan fingerprint density at radius 3 is 1.18 bits per heavy atom. The molecule has 0 aliphatic rings. The molecule has 2 heteroatoms. The van der Waals surface area contributed by atoms with Gasteiger partial charge in [-0.05, 0) is 117 Å². The van der Waals surface area contributed by atoms with Gasteiger partial charge in [-0.15, -0.1) is 0 Å². The lowest BCUT2D eigenvalue weighted by Gasteiger charge is -2.26. The number of hydrogen-bond acceptors (Lipinski definition) is 1. The van der Waals surface area contributed by atoms with Crippen LogP contribution in [0.15, 0.2) is 231 Å². The van der Waals surface area contributed by atoms with E-state index in [0.717, 1.165) is 17.1 Å². The summed E-state index contributed by atoms with van der Waals surface area (Å²) in [4.78, 5) is 2.35. The van der Waals surface area contributed by atoms with Crippen LogP contribution in [0.4, 0.5) is 17.1 Å². The van der Waals surface area contributed by atoms with Crippen molar-refractivity contribution in [2.24, 2.45) is 0 Å². The molecule has 10 rings (SSSR count). The monoisotopic (exact) mass is 714 g/mol. The summed E-state index contributed by atoms with van der Waals surface area (Å²) in [7, 11) is 0. The minimum atomic E-state index is 1.10. The average molecular weight is 715 g/mol. The van der Waals surface area contributed by atoms with Gasteiger partial charge in [-0.3, -0.25) is 0 Å². The van der Waals surface area contributed by atoms with E-state index in [4.69, 9.17) is 0 Å². The minimum absolute atomic E-state index is 1.10. The van der Waals surface area contributed by atoms with Crippen LogP contribution in [0.3, 0.4) is 0 Å². The fraction of sp³-hybridized carbons (Fsp3) is 0. The highest BCUT2D eigenvalue weighted by atomic mass is 15.1. The molecule has 0 aliphatic carbocycles. The van der Waals surface area contributed by atoms with Crippen molar-refractivity contribution in [2.45, 2.75) is 0 Å². The van der Waals surface area contributed by atoms with Gasteiger partial charge < -0.3 is 9.47 Å². The first-order valence-corrected chi connectivity index (χ1v) is 19.2. The second kappa shape index (κ2) is 14.4. The van der Waals surface area contributed by atoms with Crippen LogP contribution in [0.1, 0.15) is 0 Å². The Morgan fingerprint density at radius 2 is 0.625 bits per heavy atom. The first-order valence-electron chi connectivity index (χ1n) is 19.2. The summed E-state index contributed by atoms with van der Waals surface area (Å²) < 4.78 is 2.36. The van der Waals surface area contributed by atoms with Crippen molar-refractivity contribution in [1.82, 2.24) is 4.57 Å². The van der Waals surface area contributed by atoms with E-state index in [2.05, 4.69) is 240 Å². The summed E-state index contributed by atoms with van der Waals surface area (Å²) in [5.41, 5.74) is 16.5. The van der Waals surface area contributed by atoms with Gasteiger partial charge in [0.1, 0.15) is 0 Å². The lowest BCUT2D eigenvalue weighted by atomic mass is 9.98. The highest BCUT2D eigenvalue weighted by molar-refractivity contribution is 6.10. The van der Waals surface area contributed by atoms with Gasteiger partial charge in [0.05, 0.1) is 11.0 Å². The molecule has 0 bridgehead atoms. The summed E-state index contributed by atoms with van der Waals surface area (Å²) in [6, 6.07) is 83.0. The fourth-order valence-corrected chi connectivity index (χ4v) is 8.00.